The van der Waals surface area contributed by atoms with Crippen molar-refractivity contribution in [1.29, 1.82) is 0 Å². The molecular weight excluding hydrogens is 280 g/mol. The lowest BCUT2D eigenvalue weighted by Gasteiger charge is -2.34. The van der Waals surface area contributed by atoms with Crippen LogP contribution in [0, 0.1) is 0 Å². The summed E-state index contributed by atoms with van der Waals surface area (Å²) in [5.74, 6) is 0.906. The van der Waals surface area contributed by atoms with Crippen molar-refractivity contribution in [3.8, 4) is 0 Å². The fourth-order valence-electron chi connectivity index (χ4n) is 3.14. The highest BCUT2D eigenvalue weighted by molar-refractivity contribution is 5.99. The van der Waals surface area contributed by atoms with Gasteiger partial charge in [-0.25, -0.2) is 4.98 Å². The normalized spacial score (nSPS) is 18.7. The van der Waals surface area contributed by atoms with Gasteiger partial charge in [-0.3, -0.25) is 9.59 Å². The monoisotopic (exact) mass is 302 g/mol. The van der Waals surface area contributed by atoms with Crippen LogP contribution in [0.4, 0.5) is 5.82 Å². The van der Waals surface area contributed by atoms with Crippen molar-refractivity contribution in [1.82, 2.24) is 14.8 Å². The van der Waals surface area contributed by atoms with E-state index in [4.69, 9.17) is 0 Å². The van der Waals surface area contributed by atoms with Crippen molar-refractivity contribution < 1.29 is 9.59 Å². The summed E-state index contributed by atoms with van der Waals surface area (Å²) in [4.78, 5) is 34.4. The molecule has 22 heavy (non-hydrogen) atoms. The minimum absolute atomic E-state index is 0.0261. The molecule has 1 aromatic rings. The van der Waals surface area contributed by atoms with Crippen LogP contribution < -0.4 is 4.90 Å². The minimum atomic E-state index is 0.0261. The number of carbonyl (C=O) groups excluding carboxylic acids is 2. The Hall–Kier alpha value is -2.11. The van der Waals surface area contributed by atoms with E-state index in [1.165, 1.54) is 0 Å². The first-order valence-corrected chi connectivity index (χ1v) is 7.91. The number of carbonyl (C=O) groups is 2. The molecule has 0 saturated carbocycles. The number of rotatable bonds is 2. The lowest BCUT2D eigenvalue weighted by molar-refractivity contribution is -0.130. The third kappa shape index (κ3) is 2.91. The molecule has 0 spiro atoms. The van der Waals surface area contributed by atoms with Gasteiger partial charge in [-0.05, 0) is 25.0 Å². The topological polar surface area (TPSA) is 56.8 Å². The highest BCUT2D eigenvalue weighted by atomic mass is 16.2. The summed E-state index contributed by atoms with van der Waals surface area (Å²) in [7, 11) is 0. The molecule has 6 heteroatoms. The SMILES string of the molecule is CC(=O)N1CCN(C(=O)c2cccnc2N2CCCC2)CC1. The zero-order chi connectivity index (χ0) is 15.5. The minimum Gasteiger partial charge on any atom is -0.356 e. The molecule has 118 valence electrons. The first-order chi connectivity index (χ1) is 10.7. The van der Waals surface area contributed by atoms with Crippen molar-refractivity contribution in [2.24, 2.45) is 0 Å². The summed E-state index contributed by atoms with van der Waals surface area (Å²) in [5, 5.41) is 0. The van der Waals surface area contributed by atoms with Crippen LogP contribution in [0.25, 0.3) is 0 Å². The van der Waals surface area contributed by atoms with Gasteiger partial charge in [-0.1, -0.05) is 0 Å². The predicted octanol–water partition coefficient (Wildman–Crippen LogP) is 0.986. The van der Waals surface area contributed by atoms with E-state index in [-0.39, 0.29) is 11.8 Å². The van der Waals surface area contributed by atoms with Gasteiger partial charge in [-0.15, -0.1) is 0 Å². The summed E-state index contributed by atoms with van der Waals surface area (Å²) in [6, 6.07) is 3.68. The lowest BCUT2D eigenvalue weighted by Crippen LogP contribution is -2.50. The van der Waals surface area contributed by atoms with E-state index < -0.39 is 0 Å². The van der Waals surface area contributed by atoms with Crippen molar-refractivity contribution in [2.45, 2.75) is 19.8 Å². The zero-order valence-corrected chi connectivity index (χ0v) is 13.0. The molecule has 2 fully saturated rings. The quantitative estimate of drug-likeness (QED) is 0.817. The Morgan fingerprint density at radius 3 is 2.27 bits per heavy atom. The van der Waals surface area contributed by atoms with Crippen LogP contribution >= 0.6 is 0 Å². The van der Waals surface area contributed by atoms with Gasteiger partial charge in [0.1, 0.15) is 5.82 Å². The Kier molecular flexibility index (Phi) is 4.27. The fraction of sp³-hybridized carbons (Fsp3) is 0.562. The van der Waals surface area contributed by atoms with Crippen LogP contribution in [0.2, 0.25) is 0 Å². The number of amides is 2. The maximum Gasteiger partial charge on any atom is 0.257 e. The third-order valence-electron chi connectivity index (χ3n) is 4.43. The van der Waals surface area contributed by atoms with Crippen LogP contribution in [0.15, 0.2) is 18.3 Å². The Morgan fingerprint density at radius 1 is 1.00 bits per heavy atom. The molecule has 0 bridgehead atoms. The van der Waals surface area contributed by atoms with E-state index in [1.54, 1.807) is 18.0 Å². The summed E-state index contributed by atoms with van der Waals surface area (Å²) >= 11 is 0. The third-order valence-corrected chi connectivity index (χ3v) is 4.43. The molecule has 6 nitrogen and oxygen atoms in total. The summed E-state index contributed by atoms with van der Waals surface area (Å²) < 4.78 is 0. The van der Waals surface area contributed by atoms with E-state index >= 15 is 0 Å². The smallest absolute Gasteiger partial charge is 0.257 e. The van der Waals surface area contributed by atoms with Gasteiger partial charge in [0, 0.05) is 52.4 Å². The van der Waals surface area contributed by atoms with Crippen LogP contribution in [0.5, 0.6) is 0 Å². The van der Waals surface area contributed by atoms with Gasteiger partial charge in [0.15, 0.2) is 0 Å². The molecule has 2 saturated heterocycles. The maximum atomic E-state index is 12.8. The first kappa shape index (κ1) is 14.8. The van der Waals surface area contributed by atoms with Crippen LogP contribution in [0.1, 0.15) is 30.1 Å². The number of piperazine rings is 1. The Labute approximate surface area is 130 Å². The maximum absolute atomic E-state index is 12.8. The van der Waals surface area contributed by atoms with E-state index in [2.05, 4.69) is 9.88 Å². The van der Waals surface area contributed by atoms with Crippen molar-refractivity contribution in [3.05, 3.63) is 23.9 Å². The van der Waals surface area contributed by atoms with Crippen molar-refractivity contribution in [3.63, 3.8) is 0 Å². The number of aromatic nitrogens is 1. The highest BCUT2D eigenvalue weighted by Crippen LogP contribution is 2.23. The summed E-state index contributed by atoms with van der Waals surface area (Å²) in [6.45, 7) is 5.91. The van der Waals surface area contributed by atoms with E-state index in [0.717, 1.165) is 31.7 Å². The number of hydrogen-bond acceptors (Lipinski definition) is 4. The molecule has 0 aromatic carbocycles. The molecule has 0 atom stereocenters. The van der Waals surface area contributed by atoms with Gasteiger partial charge < -0.3 is 14.7 Å². The Bertz CT molecular complexity index is 561. The standard InChI is InChI=1S/C16H22N4O2/c1-13(21)18-9-11-20(12-10-18)16(22)14-5-4-6-17-15(14)19-7-2-3-8-19/h4-6H,2-3,7-12H2,1H3. The average Bonchev–Trinajstić information content (AvgIpc) is 3.08. The molecule has 0 aliphatic carbocycles. The Balaban J connectivity index is 1.74. The van der Waals surface area contributed by atoms with Crippen molar-refractivity contribution in [2.75, 3.05) is 44.2 Å². The molecule has 2 amide bonds. The van der Waals surface area contributed by atoms with Crippen molar-refractivity contribution >= 4 is 17.6 Å². The highest BCUT2D eigenvalue weighted by Gasteiger charge is 2.27. The number of nitrogens with zero attached hydrogens (tertiary/aromatic N) is 4. The van der Waals surface area contributed by atoms with E-state index in [0.29, 0.717) is 31.7 Å². The summed E-state index contributed by atoms with van der Waals surface area (Å²) in [5.41, 5.74) is 0.681. The Morgan fingerprint density at radius 2 is 1.64 bits per heavy atom. The van der Waals surface area contributed by atoms with Gasteiger partial charge >= 0.3 is 0 Å². The molecule has 2 aliphatic heterocycles. The molecular formula is C16H22N4O2. The molecule has 3 rings (SSSR count). The van der Waals surface area contributed by atoms with Crippen LogP contribution in [-0.4, -0.2) is 65.9 Å². The molecule has 1 aromatic heterocycles. The summed E-state index contributed by atoms with van der Waals surface area (Å²) in [6.07, 6.45) is 4.06. The fourth-order valence-corrected chi connectivity index (χ4v) is 3.14. The van der Waals surface area contributed by atoms with Gasteiger partial charge in [0.05, 0.1) is 5.56 Å². The lowest BCUT2D eigenvalue weighted by atomic mass is 10.2. The van der Waals surface area contributed by atoms with Gasteiger partial charge in [0.2, 0.25) is 5.91 Å². The number of anilines is 1. The second kappa shape index (κ2) is 6.34. The van der Waals surface area contributed by atoms with Gasteiger partial charge in [-0.2, -0.15) is 0 Å². The van der Waals surface area contributed by atoms with E-state index in [1.807, 2.05) is 17.0 Å². The second-order valence-electron chi connectivity index (χ2n) is 5.87. The van der Waals surface area contributed by atoms with E-state index in [9.17, 15) is 9.59 Å². The van der Waals surface area contributed by atoms with Gasteiger partial charge in [0.25, 0.3) is 5.91 Å². The average molecular weight is 302 g/mol. The number of hydrogen-bond donors (Lipinski definition) is 0. The second-order valence-corrected chi connectivity index (χ2v) is 5.87. The molecule has 0 N–H and O–H groups in total. The molecule has 3 heterocycles. The zero-order valence-electron chi connectivity index (χ0n) is 13.0. The number of pyridine rings is 1. The predicted molar refractivity (Wildman–Crippen MR) is 83.8 cm³/mol. The molecule has 0 unspecified atom stereocenters. The van der Waals surface area contributed by atoms with Crippen LogP contribution in [-0.2, 0) is 4.79 Å². The molecule has 2 aliphatic rings. The molecule has 0 radical (unpaired) electrons. The largest absolute Gasteiger partial charge is 0.356 e. The van der Waals surface area contributed by atoms with Crippen LogP contribution in [0.3, 0.4) is 0 Å². The first-order valence-electron chi connectivity index (χ1n) is 7.91.